The van der Waals surface area contributed by atoms with Crippen molar-refractivity contribution in [3.05, 3.63) is 23.8 Å². The molecule has 0 aliphatic carbocycles. The van der Waals surface area contributed by atoms with Crippen molar-refractivity contribution in [3.63, 3.8) is 0 Å². The van der Waals surface area contributed by atoms with Crippen LogP contribution in [-0.4, -0.2) is 34.3 Å². The summed E-state index contributed by atoms with van der Waals surface area (Å²) >= 11 is 0. The summed E-state index contributed by atoms with van der Waals surface area (Å²) < 4.78 is 24.5. The van der Waals surface area contributed by atoms with Crippen LogP contribution in [0.4, 0.5) is 11.4 Å². The molecule has 0 aliphatic heterocycles. The van der Waals surface area contributed by atoms with Crippen LogP contribution in [-0.2, 0) is 10.0 Å². The van der Waals surface area contributed by atoms with Gasteiger partial charge in [0, 0.05) is 31.0 Å². The quantitative estimate of drug-likeness (QED) is 0.779. The van der Waals surface area contributed by atoms with E-state index in [0.29, 0.717) is 13.1 Å². The lowest BCUT2D eigenvalue weighted by molar-refractivity contribution is 0.587. The molecule has 5 nitrogen and oxygen atoms in total. The molecule has 3 N–H and O–H groups in total. The number of hydrogen-bond donors (Lipinski definition) is 2. The van der Waals surface area contributed by atoms with E-state index in [-0.39, 0.29) is 7.43 Å². The van der Waals surface area contributed by atoms with Gasteiger partial charge in [-0.25, -0.2) is 13.1 Å². The molecule has 0 fully saturated rings. The van der Waals surface area contributed by atoms with Crippen LogP contribution in [0, 0.1) is 6.92 Å². The third-order valence-electron chi connectivity index (χ3n) is 2.75. The summed E-state index contributed by atoms with van der Waals surface area (Å²) in [6.45, 7) is 5.84. The summed E-state index contributed by atoms with van der Waals surface area (Å²) in [4.78, 5) is 2.10. The molecule has 0 saturated heterocycles. The standard InChI is InChI=1S/C12H21N3O2S.CH4/c1-4-15(8-7-14-18(3,16)17)11-5-6-12(13)10(2)9-11;/h5-6,9,14H,4,7-8,13H2,1-3H3;1H4. The van der Waals surface area contributed by atoms with Gasteiger partial charge in [-0.15, -0.1) is 0 Å². The van der Waals surface area contributed by atoms with Gasteiger partial charge in [-0.2, -0.15) is 0 Å². The summed E-state index contributed by atoms with van der Waals surface area (Å²) in [5.41, 5.74) is 8.63. The van der Waals surface area contributed by atoms with Crippen LogP contribution >= 0.6 is 0 Å². The van der Waals surface area contributed by atoms with Crippen molar-refractivity contribution < 1.29 is 8.42 Å². The number of hydrogen-bond acceptors (Lipinski definition) is 4. The van der Waals surface area contributed by atoms with Crippen molar-refractivity contribution in [2.24, 2.45) is 0 Å². The first-order chi connectivity index (χ1) is 8.33. The molecule has 0 radical (unpaired) electrons. The SMILES string of the molecule is C.CCN(CCNS(C)(=O)=O)c1ccc(N)c(C)c1. The van der Waals surface area contributed by atoms with Crippen molar-refractivity contribution in [2.45, 2.75) is 21.3 Å². The zero-order valence-corrected chi connectivity index (χ0v) is 11.9. The monoisotopic (exact) mass is 287 g/mol. The fraction of sp³-hybridized carbons (Fsp3) is 0.538. The van der Waals surface area contributed by atoms with E-state index in [2.05, 4.69) is 9.62 Å². The average Bonchev–Trinajstić information content (AvgIpc) is 2.27. The van der Waals surface area contributed by atoms with Crippen LogP contribution in [0.25, 0.3) is 0 Å². The Balaban J connectivity index is 0.00000324. The number of nitrogen functional groups attached to an aromatic ring is 1. The van der Waals surface area contributed by atoms with Crippen LogP contribution in [0.3, 0.4) is 0 Å². The lowest BCUT2D eigenvalue weighted by Crippen LogP contribution is -2.34. The molecule has 6 heteroatoms. The van der Waals surface area contributed by atoms with Crippen LogP contribution in [0.5, 0.6) is 0 Å². The second-order valence-corrected chi connectivity index (χ2v) is 6.12. The largest absolute Gasteiger partial charge is 0.399 e. The molecule has 0 atom stereocenters. The van der Waals surface area contributed by atoms with Gasteiger partial charge in [0.05, 0.1) is 6.26 Å². The van der Waals surface area contributed by atoms with E-state index < -0.39 is 10.0 Å². The van der Waals surface area contributed by atoms with Crippen LogP contribution < -0.4 is 15.4 Å². The molecular formula is C13H25N3O2S. The highest BCUT2D eigenvalue weighted by atomic mass is 32.2. The number of nitrogens with one attached hydrogen (secondary N) is 1. The Kier molecular flexibility index (Phi) is 6.86. The van der Waals surface area contributed by atoms with Crippen LogP contribution in [0.1, 0.15) is 19.9 Å². The van der Waals surface area contributed by atoms with Gasteiger partial charge in [0.25, 0.3) is 0 Å². The Bertz CT molecular complexity index is 501. The van der Waals surface area contributed by atoms with Crippen molar-refractivity contribution >= 4 is 21.4 Å². The van der Waals surface area contributed by atoms with Gasteiger partial charge in [-0.1, -0.05) is 7.43 Å². The first-order valence-corrected chi connectivity index (χ1v) is 7.78. The first kappa shape index (κ1) is 17.7. The Hall–Kier alpha value is -1.27. The van der Waals surface area contributed by atoms with E-state index in [0.717, 1.165) is 29.7 Å². The maximum absolute atomic E-state index is 11.0. The van der Waals surface area contributed by atoms with Crippen LogP contribution in [0.15, 0.2) is 18.2 Å². The molecule has 110 valence electrons. The fourth-order valence-electron chi connectivity index (χ4n) is 1.69. The molecule has 1 rings (SSSR count). The van der Waals surface area contributed by atoms with E-state index in [1.54, 1.807) is 0 Å². The maximum Gasteiger partial charge on any atom is 0.208 e. The van der Waals surface area contributed by atoms with Gasteiger partial charge in [-0.05, 0) is 37.6 Å². The number of aryl methyl sites for hydroxylation is 1. The minimum Gasteiger partial charge on any atom is -0.399 e. The summed E-state index contributed by atoms with van der Waals surface area (Å²) in [5.74, 6) is 0. The number of nitrogens with zero attached hydrogens (tertiary/aromatic N) is 1. The minimum absolute atomic E-state index is 0. The second-order valence-electron chi connectivity index (χ2n) is 4.29. The molecule has 0 bridgehead atoms. The molecule has 0 saturated carbocycles. The average molecular weight is 287 g/mol. The predicted octanol–water partition coefficient (Wildman–Crippen LogP) is 1.59. The first-order valence-electron chi connectivity index (χ1n) is 5.89. The highest BCUT2D eigenvalue weighted by molar-refractivity contribution is 7.88. The summed E-state index contributed by atoms with van der Waals surface area (Å²) in [6, 6.07) is 5.84. The molecular weight excluding hydrogens is 262 g/mol. The maximum atomic E-state index is 11.0. The van der Waals surface area contributed by atoms with Gasteiger partial charge in [0.1, 0.15) is 0 Å². The number of benzene rings is 1. The molecule has 0 heterocycles. The van der Waals surface area contributed by atoms with Gasteiger partial charge >= 0.3 is 0 Å². The number of sulfonamides is 1. The second kappa shape index (κ2) is 7.35. The predicted molar refractivity (Wildman–Crippen MR) is 83.1 cm³/mol. The van der Waals surface area contributed by atoms with E-state index >= 15 is 0 Å². The van der Waals surface area contributed by atoms with Gasteiger partial charge < -0.3 is 10.6 Å². The molecule has 19 heavy (non-hydrogen) atoms. The number of rotatable bonds is 6. The molecule has 1 aromatic rings. The zero-order valence-electron chi connectivity index (χ0n) is 11.1. The molecule has 0 amide bonds. The van der Waals surface area contributed by atoms with Crippen molar-refractivity contribution in [3.8, 4) is 0 Å². The zero-order chi connectivity index (χ0) is 13.8. The Morgan fingerprint density at radius 3 is 2.47 bits per heavy atom. The van der Waals surface area contributed by atoms with Gasteiger partial charge in [0.2, 0.25) is 10.0 Å². The summed E-state index contributed by atoms with van der Waals surface area (Å²) in [7, 11) is -3.12. The lowest BCUT2D eigenvalue weighted by atomic mass is 10.1. The summed E-state index contributed by atoms with van der Waals surface area (Å²) in [5, 5.41) is 0. The topological polar surface area (TPSA) is 75.4 Å². The lowest BCUT2D eigenvalue weighted by Gasteiger charge is -2.23. The fourth-order valence-corrected chi connectivity index (χ4v) is 2.15. The third-order valence-corrected chi connectivity index (χ3v) is 3.47. The van der Waals surface area contributed by atoms with E-state index in [1.165, 1.54) is 0 Å². The molecule has 0 spiro atoms. The number of likely N-dealkylation sites (N-methyl/N-ethyl adjacent to an activating group) is 1. The Morgan fingerprint density at radius 1 is 1.37 bits per heavy atom. The Labute approximate surface area is 116 Å². The smallest absolute Gasteiger partial charge is 0.208 e. The minimum atomic E-state index is -3.12. The highest BCUT2D eigenvalue weighted by Gasteiger charge is 2.07. The van der Waals surface area contributed by atoms with E-state index in [4.69, 9.17) is 5.73 Å². The van der Waals surface area contributed by atoms with Gasteiger partial charge in [-0.3, -0.25) is 0 Å². The van der Waals surface area contributed by atoms with Gasteiger partial charge in [0.15, 0.2) is 0 Å². The summed E-state index contributed by atoms with van der Waals surface area (Å²) in [6.07, 6.45) is 1.16. The van der Waals surface area contributed by atoms with Crippen molar-refractivity contribution in [2.75, 3.05) is 36.5 Å². The van der Waals surface area contributed by atoms with Crippen molar-refractivity contribution in [1.29, 1.82) is 0 Å². The van der Waals surface area contributed by atoms with E-state index in [1.807, 2.05) is 32.0 Å². The number of nitrogens with two attached hydrogens (primary N) is 1. The molecule has 0 unspecified atom stereocenters. The normalized spacial score (nSPS) is 10.9. The highest BCUT2D eigenvalue weighted by Crippen LogP contribution is 2.20. The molecule has 0 aliphatic rings. The van der Waals surface area contributed by atoms with Crippen molar-refractivity contribution in [1.82, 2.24) is 4.72 Å². The van der Waals surface area contributed by atoms with Crippen LogP contribution in [0.2, 0.25) is 0 Å². The van der Waals surface area contributed by atoms with E-state index in [9.17, 15) is 8.42 Å². The molecule has 1 aromatic carbocycles. The third kappa shape index (κ3) is 5.94. The number of anilines is 2. The Morgan fingerprint density at radius 2 is 2.00 bits per heavy atom. The molecule has 0 aromatic heterocycles.